The molecule has 3 nitrogen and oxygen atoms in total. The van der Waals surface area contributed by atoms with Gasteiger partial charge < -0.3 is 10.5 Å². The summed E-state index contributed by atoms with van der Waals surface area (Å²) in [7, 11) is 0. The van der Waals surface area contributed by atoms with Crippen molar-refractivity contribution in [1.29, 1.82) is 0 Å². The lowest BCUT2D eigenvalue weighted by Crippen LogP contribution is -2.52. The Hall–Kier alpha value is 0.230. The molecule has 122 valence electrons. The Balaban J connectivity index is 1.65. The molecule has 21 heavy (non-hydrogen) atoms. The second kappa shape index (κ2) is 7.67. The molecule has 0 amide bonds. The van der Waals surface area contributed by atoms with E-state index in [9.17, 15) is 0 Å². The molecule has 1 saturated carbocycles. The largest absolute Gasteiger partial charge is 0.374 e. The monoisotopic (exact) mass is 312 g/mol. The van der Waals surface area contributed by atoms with Crippen molar-refractivity contribution in [3.63, 3.8) is 0 Å². The number of hydrogen-bond donors (Lipinski definition) is 1. The van der Waals surface area contributed by atoms with Crippen LogP contribution in [0.3, 0.4) is 0 Å². The maximum absolute atomic E-state index is 6.23. The van der Waals surface area contributed by atoms with Gasteiger partial charge in [-0.05, 0) is 57.4 Å². The van der Waals surface area contributed by atoms with Crippen molar-refractivity contribution in [3.8, 4) is 0 Å². The van der Waals surface area contributed by atoms with Gasteiger partial charge in [0.1, 0.15) is 0 Å². The fourth-order valence-electron chi connectivity index (χ4n) is 4.50. The van der Waals surface area contributed by atoms with Crippen LogP contribution in [0.2, 0.25) is 0 Å². The fourth-order valence-corrected chi connectivity index (χ4v) is 5.88. The SMILES string of the molecule is NCCCN(C1CCCCC1)C1CCOC2(CCSC2)C1. The van der Waals surface area contributed by atoms with E-state index >= 15 is 0 Å². The van der Waals surface area contributed by atoms with Gasteiger partial charge >= 0.3 is 0 Å². The highest BCUT2D eigenvalue weighted by Crippen LogP contribution is 2.40. The Morgan fingerprint density at radius 3 is 2.71 bits per heavy atom. The summed E-state index contributed by atoms with van der Waals surface area (Å²) in [6.45, 7) is 3.00. The zero-order chi connectivity index (χ0) is 14.5. The van der Waals surface area contributed by atoms with Gasteiger partial charge in [0.2, 0.25) is 0 Å². The van der Waals surface area contributed by atoms with E-state index in [2.05, 4.69) is 16.7 Å². The molecule has 2 unspecified atom stereocenters. The zero-order valence-corrected chi connectivity index (χ0v) is 14.2. The Bertz CT molecular complexity index is 314. The van der Waals surface area contributed by atoms with Crippen LogP contribution in [-0.4, -0.2) is 53.8 Å². The summed E-state index contributed by atoms with van der Waals surface area (Å²) in [5.74, 6) is 2.51. The van der Waals surface area contributed by atoms with Gasteiger partial charge in [-0.25, -0.2) is 0 Å². The van der Waals surface area contributed by atoms with Gasteiger partial charge in [0, 0.05) is 24.4 Å². The second-order valence-electron chi connectivity index (χ2n) is 7.15. The van der Waals surface area contributed by atoms with Crippen LogP contribution >= 0.6 is 11.8 Å². The Labute approximate surface area is 134 Å². The standard InChI is InChI=1S/C17H32N2OS/c18-9-4-10-19(15-5-2-1-3-6-15)16-7-11-20-17(13-16)8-12-21-14-17/h15-16H,1-14,18H2. The van der Waals surface area contributed by atoms with Crippen LogP contribution in [0.25, 0.3) is 0 Å². The minimum Gasteiger partial charge on any atom is -0.374 e. The predicted molar refractivity (Wildman–Crippen MR) is 90.9 cm³/mol. The van der Waals surface area contributed by atoms with Crippen molar-refractivity contribution in [2.75, 3.05) is 31.2 Å². The molecule has 2 heterocycles. The van der Waals surface area contributed by atoms with Crippen LogP contribution in [0.15, 0.2) is 0 Å². The summed E-state index contributed by atoms with van der Waals surface area (Å²) in [5.41, 5.74) is 6.01. The molecule has 0 bridgehead atoms. The first kappa shape index (κ1) is 16.1. The van der Waals surface area contributed by atoms with E-state index in [1.165, 1.54) is 69.4 Å². The van der Waals surface area contributed by atoms with E-state index in [1.54, 1.807) is 0 Å². The molecule has 3 fully saturated rings. The van der Waals surface area contributed by atoms with Gasteiger partial charge in [0.25, 0.3) is 0 Å². The molecule has 3 rings (SSSR count). The van der Waals surface area contributed by atoms with Crippen LogP contribution in [-0.2, 0) is 4.74 Å². The predicted octanol–water partition coefficient (Wildman–Crippen LogP) is 3.02. The lowest BCUT2D eigenvalue weighted by Gasteiger charge is -2.46. The summed E-state index contributed by atoms with van der Waals surface area (Å²) in [6, 6.07) is 1.56. The molecule has 3 aliphatic rings. The third-order valence-electron chi connectivity index (χ3n) is 5.67. The maximum Gasteiger partial charge on any atom is 0.0795 e. The normalized spacial score (nSPS) is 34.9. The second-order valence-corrected chi connectivity index (χ2v) is 8.26. The first-order chi connectivity index (χ1) is 10.3. The van der Waals surface area contributed by atoms with E-state index in [0.29, 0.717) is 0 Å². The van der Waals surface area contributed by atoms with Gasteiger partial charge in [-0.3, -0.25) is 4.90 Å². The molecule has 2 N–H and O–H groups in total. The molecule has 2 aliphatic heterocycles. The van der Waals surface area contributed by atoms with Gasteiger partial charge in [0.05, 0.1) is 5.60 Å². The number of rotatable bonds is 5. The molecule has 0 aromatic heterocycles. The Morgan fingerprint density at radius 2 is 2.00 bits per heavy atom. The molecular weight excluding hydrogens is 280 g/mol. The molecule has 0 aromatic carbocycles. The summed E-state index contributed by atoms with van der Waals surface area (Å²) in [6.07, 6.45) is 12.0. The summed E-state index contributed by atoms with van der Waals surface area (Å²) >= 11 is 2.08. The van der Waals surface area contributed by atoms with Gasteiger partial charge in [-0.1, -0.05) is 19.3 Å². The number of ether oxygens (including phenoxy) is 1. The van der Waals surface area contributed by atoms with Crippen LogP contribution < -0.4 is 5.73 Å². The first-order valence-electron chi connectivity index (χ1n) is 9.00. The lowest BCUT2D eigenvalue weighted by atomic mass is 9.86. The quantitative estimate of drug-likeness (QED) is 0.847. The molecule has 0 aromatic rings. The zero-order valence-electron chi connectivity index (χ0n) is 13.4. The molecule has 4 heteroatoms. The van der Waals surface area contributed by atoms with Crippen LogP contribution in [0, 0.1) is 0 Å². The molecule has 0 radical (unpaired) electrons. The van der Waals surface area contributed by atoms with Gasteiger partial charge in [-0.2, -0.15) is 11.8 Å². The van der Waals surface area contributed by atoms with Gasteiger partial charge in [0.15, 0.2) is 0 Å². The average molecular weight is 313 g/mol. The minimum absolute atomic E-state index is 0.212. The average Bonchev–Trinajstić information content (AvgIpc) is 2.97. The van der Waals surface area contributed by atoms with E-state index in [-0.39, 0.29) is 5.60 Å². The highest BCUT2D eigenvalue weighted by molar-refractivity contribution is 7.99. The van der Waals surface area contributed by atoms with Crippen LogP contribution in [0.1, 0.15) is 57.8 Å². The van der Waals surface area contributed by atoms with Crippen LogP contribution in [0.4, 0.5) is 0 Å². The minimum atomic E-state index is 0.212. The third-order valence-corrected chi connectivity index (χ3v) is 6.89. The Kier molecular flexibility index (Phi) is 5.88. The van der Waals surface area contributed by atoms with Crippen molar-refractivity contribution in [1.82, 2.24) is 4.90 Å². The van der Waals surface area contributed by atoms with Crippen molar-refractivity contribution in [3.05, 3.63) is 0 Å². The van der Waals surface area contributed by atoms with E-state index in [0.717, 1.165) is 31.7 Å². The summed E-state index contributed by atoms with van der Waals surface area (Å²) in [5, 5.41) is 0. The highest BCUT2D eigenvalue weighted by Gasteiger charge is 2.43. The highest BCUT2D eigenvalue weighted by atomic mass is 32.2. The smallest absolute Gasteiger partial charge is 0.0795 e. The number of thioether (sulfide) groups is 1. The first-order valence-corrected chi connectivity index (χ1v) is 10.2. The van der Waals surface area contributed by atoms with E-state index in [1.807, 2.05) is 0 Å². The molecule has 1 spiro atoms. The molecule has 2 atom stereocenters. The van der Waals surface area contributed by atoms with Crippen molar-refractivity contribution >= 4 is 11.8 Å². The topological polar surface area (TPSA) is 38.5 Å². The molecule has 2 saturated heterocycles. The molecular formula is C17H32N2OS. The lowest BCUT2D eigenvalue weighted by molar-refractivity contribution is -0.0971. The van der Waals surface area contributed by atoms with Gasteiger partial charge in [-0.15, -0.1) is 0 Å². The number of hydrogen-bond acceptors (Lipinski definition) is 4. The molecule has 1 aliphatic carbocycles. The maximum atomic E-state index is 6.23. The van der Waals surface area contributed by atoms with Crippen molar-refractivity contribution in [2.45, 2.75) is 75.5 Å². The fraction of sp³-hybridized carbons (Fsp3) is 1.00. The van der Waals surface area contributed by atoms with Crippen molar-refractivity contribution < 1.29 is 4.74 Å². The van der Waals surface area contributed by atoms with E-state index in [4.69, 9.17) is 10.5 Å². The Morgan fingerprint density at radius 1 is 1.14 bits per heavy atom. The number of nitrogens with two attached hydrogens (primary N) is 1. The van der Waals surface area contributed by atoms with Crippen LogP contribution in [0.5, 0.6) is 0 Å². The third kappa shape index (κ3) is 3.95. The number of nitrogens with zero attached hydrogens (tertiary/aromatic N) is 1. The van der Waals surface area contributed by atoms with E-state index < -0.39 is 0 Å². The summed E-state index contributed by atoms with van der Waals surface area (Å²) < 4.78 is 6.23. The van der Waals surface area contributed by atoms with Crippen molar-refractivity contribution in [2.24, 2.45) is 5.73 Å². The summed E-state index contributed by atoms with van der Waals surface area (Å²) in [4.78, 5) is 2.85.